The van der Waals surface area contributed by atoms with Crippen LogP contribution < -0.4 is 5.56 Å². The molecule has 124 valence electrons. The normalized spacial score (nSPS) is 12.6. The summed E-state index contributed by atoms with van der Waals surface area (Å²) < 4.78 is 6.35. The van der Waals surface area contributed by atoms with Crippen LogP contribution in [0.1, 0.15) is 20.8 Å². The topological polar surface area (TPSA) is 61.2 Å². The van der Waals surface area contributed by atoms with Crippen LogP contribution in [0.4, 0.5) is 0 Å². The van der Waals surface area contributed by atoms with Crippen molar-refractivity contribution < 1.29 is 9.53 Å². The van der Waals surface area contributed by atoms with Crippen LogP contribution in [-0.2, 0) is 16.1 Å². The average Bonchev–Trinajstić information content (AvgIpc) is 2.50. The highest BCUT2D eigenvalue weighted by Crippen LogP contribution is 2.24. The van der Waals surface area contributed by atoms with Crippen LogP contribution in [0.2, 0.25) is 5.02 Å². The second-order valence-electron chi connectivity index (χ2n) is 5.65. The number of halogens is 1. The van der Waals surface area contributed by atoms with E-state index in [4.69, 9.17) is 16.3 Å². The highest BCUT2D eigenvalue weighted by Gasteiger charge is 2.20. The number of carbonyl (C=O) groups excluding carboxylic acids is 1. The summed E-state index contributed by atoms with van der Waals surface area (Å²) >= 11 is 7.21. The number of benzene rings is 1. The molecule has 5 nitrogen and oxygen atoms in total. The van der Waals surface area contributed by atoms with Crippen LogP contribution in [0.15, 0.2) is 28.2 Å². The molecule has 23 heavy (non-hydrogen) atoms. The Labute approximate surface area is 144 Å². The van der Waals surface area contributed by atoms with E-state index in [1.54, 1.807) is 29.7 Å². The summed E-state index contributed by atoms with van der Waals surface area (Å²) in [5, 5.41) is 1.04. The van der Waals surface area contributed by atoms with Gasteiger partial charge in [0.1, 0.15) is 5.25 Å². The first-order valence-corrected chi connectivity index (χ1v) is 8.53. The third-order valence-electron chi connectivity index (χ3n) is 3.24. The van der Waals surface area contributed by atoms with E-state index in [2.05, 4.69) is 4.98 Å². The Balaban J connectivity index is 2.59. The molecule has 0 fully saturated rings. The molecular formula is C16H19ClN2O3S. The van der Waals surface area contributed by atoms with Crippen molar-refractivity contribution in [1.82, 2.24) is 9.55 Å². The van der Waals surface area contributed by atoms with Gasteiger partial charge in [0.15, 0.2) is 5.16 Å². The molecule has 1 aromatic heterocycles. The zero-order valence-electron chi connectivity index (χ0n) is 13.5. The monoisotopic (exact) mass is 354 g/mol. The molecule has 0 aliphatic rings. The molecule has 1 aromatic carbocycles. The van der Waals surface area contributed by atoms with E-state index < -0.39 is 5.25 Å². The summed E-state index contributed by atoms with van der Waals surface area (Å²) in [5.74, 6) is -0.0875. The first kappa shape index (κ1) is 17.8. The number of methoxy groups -OCH3 is 1. The number of hydrogen-bond donors (Lipinski definition) is 0. The minimum absolute atomic E-state index is 0.147. The van der Waals surface area contributed by atoms with Gasteiger partial charge in [-0.25, -0.2) is 4.98 Å². The molecule has 0 aliphatic carbocycles. The largest absolute Gasteiger partial charge is 0.468 e. The third kappa shape index (κ3) is 4.06. The Hall–Kier alpha value is -1.53. The number of nitrogens with zero attached hydrogens (tertiary/aromatic N) is 2. The maximum atomic E-state index is 12.8. The Morgan fingerprint density at radius 3 is 2.70 bits per heavy atom. The minimum Gasteiger partial charge on any atom is -0.468 e. The quantitative estimate of drug-likeness (QED) is 0.468. The minimum atomic E-state index is -0.449. The Morgan fingerprint density at radius 1 is 1.39 bits per heavy atom. The molecule has 0 radical (unpaired) electrons. The zero-order valence-corrected chi connectivity index (χ0v) is 15.1. The van der Waals surface area contributed by atoms with E-state index >= 15 is 0 Å². The van der Waals surface area contributed by atoms with Crippen molar-refractivity contribution in [3.63, 3.8) is 0 Å². The number of thioether (sulfide) groups is 1. The Morgan fingerprint density at radius 2 is 2.09 bits per heavy atom. The van der Waals surface area contributed by atoms with Crippen LogP contribution in [-0.4, -0.2) is 27.9 Å². The number of aromatic nitrogens is 2. The molecular weight excluding hydrogens is 336 g/mol. The molecule has 0 aliphatic heterocycles. The second-order valence-corrected chi connectivity index (χ2v) is 7.39. The SMILES string of the molecule is COC(=O)[C@H](C)Sc1nc2ccc(Cl)cc2c(=O)n1CC(C)C. The van der Waals surface area contributed by atoms with Crippen LogP contribution >= 0.6 is 23.4 Å². The van der Waals surface area contributed by atoms with E-state index in [9.17, 15) is 9.59 Å². The predicted molar refractivity (Wildman–Crippen MR) is 93.2 cm³/mol. The first-order chi connectivity index (χ1) is 10.8. The summed E-state index contributed by atoms with van der Waals surface area (Å²) in [7, 11) is 1.34. The summed E-state index contributed by atoms with van der Waals surface area (Å²) in [6, 6.07) is 5.04. The molecule has 0 N–H and O–H groups in total. The summed E-state index contributed by atoms with van der Waals surface area (Å²) in [6.45, 7) is 6.29. The van der Waals surface area contributed by atoms with E-state index in [-0.39, 0.29) is 17.4 Å². The smallest absolute Gasteiger partial charge is 0.318 e. The maximum absolute atomic E-state index is 12.8. The van der Waals surface area contributed by atoms with E-state index in [1.165, 1.54) is 18.9 Å². The predicted octanol–water partition coefficient (Wildman–Crippen LogP) is 3.36. The van der Waals surface area contributed by atoms with Gasteiger partial charge in [-0.3, -0.25) is 14.2 Å². The van der Waals surface area contributed by atoms with Crippen molar-refractivity contribution in [3.8, 4) is 0 Å². The van der Waals surface area contributed by atoms with Gasteiger partial charge >= 0.3 is 5.97 Å². The lowest BCUT2D eigenvalue weighted by Crippen LogP contribution is -2.27. The number of hydrogen-bond acceptors (Lipinski definition) is 5. The molecule has 0 amide bonds. The van der Waals surface area contributed by atoms with E-state index in [0.29, 0.717) is 27.6 Å². The first-order valence-electron chi connectivity index (χ1n) is 7.28. The van der Waals surface area contributed by atoms with Crippen LogP contribution in [0.5, 0.6) is 0 Å². The van der Waals surface area contributed by atoms with Gasteiger partial charge in [-0.1, -0.05) is 37.2 Å². The molecule has 0 saturated carbocycles. The highest BCUT2D eigenvalue weighted by molar-refractivity contribution is 8.00. The highest BCUT2D eigenvalue weighted by atomic mass is 35.5. The van der Waals surface area contributed by atoms with Gasteiger partial charge in [0, 0.05) is 11.6 Å². The van der Waals surface area contributed by atoms with Crippen molar-refractivity contribution in [2.45, 2.75) is 37.7 Å². The van der Waals surface area contributed by atoms with Gasteiger partial charge in [0.25, 0.3) is 5.56 Å². The van der Waals surface area contributed by atoms with Crippen LogP contribution in [0.3, 0.4) is 0 Å². The third-order valence-corrected chi connectivity index (χ3v) is 4.55. The number of rotatable bonds is 5. The molecule has 0 saturated heterocycles. The lowest BCUT2D eigenvalue weighted by molar-refractivity contribution is -0.139. The molecule has 7 heteroatoms. The number of esters is 1. The number of ether oxygens (including phenoxy) is 1. The second kappa shape index (κ2) is 7.36. The van der Waals surface area contributed by atoms with Gasteiger partial charge in [-0.15, -0.1) is 0 Å². The van der Waals surface area contributed by atoms with Gasteiger partial charge < -0.3 is 4.74 Å². The standard InChI is InChI=1S/C16H19ClN2O3S/c1-9(2)8-19-14(20)12-7-11(17)5-6-13(12)18-16(19)23-10(3)15(21)22-4/h5-7,9-10H,8H2,1-4H3/t10-/m0/s1. The van der Waals surface area contributed by atoms with E-state index in [1.807, 2.05) is 13.8 Å². The lowest BCUT2D eigenvalue weighted by atomic mass is 10.2. The van der Waals surface area contributed by atoms with Crippen molar-refractivity contribution in [2.24, 2.45) is 5.92 Å². The molecule has 2 rings (SSSR count). The molecule has 0 bridgehead atoms. The molecule has 2 aromatic rings. The van der Waals surface area contributed by atoms with Gasteiger partial charge in [0.05, 0.1) is 18.0 Å². The number of carbonyl (C=O) groups is 1. The van der Waals surface area contributed by atoms with Gasteiger partial charge in [-0.05, 0) is 31.0 Å². The van der Waals surface area contributed by atoms with Crippen molar-refractivity contribution in [1.29, 1.82) is 0 Å². The van der Waals surface area contributed by atoms with Crippen LogP contribution in [0, 0.1) is 5.92 Å². The van der Waals surface area contributed by atoms with Crippen molar-refractivity contribution >= 4 is 40.2 Å². The number of fused-ring (bicyclic) bond motifs is 1. The Bertz CT molecular complexity index is 789. The summed E-state index contributed by atoms with van der Waals surface area (Å²) in [5.41, 5.74) is 0.421. The van der Waals surface area contributed by atoms with Crippen molar-refractivity contribution in [2.75, 3.05) is 7.11 Å². The fraction of sp³-hybridized carbons (Fsp3) is 0.438. The summed E-state index contributed by atoms with van der Waals surface area (Å²) in [6.07, 6.45) is 0. The van der Waals surface area contributed by atoms with Crippen LogP contribution in [0.25, 0.3) is 10.9 Å². The summed E-state index contributed by atoms with van der Waals surface area (Å²) in [4.78, 5) is 29.0. The average molecular weight is 355 g/mol. The molecule has 1 heterocycles. The fourth-order valence-electron chi connectivity index (χ4n) is 2.16. The fourth-order valence-corrected chi connectivity index (χ4v) is 3.28. The van der Waals surface area contributed by atoms with Gasteiger partial charge in [0.2, 0.25) is 0 Å². The van der Waals surface area contributed by atoms with Gasteiger partial charge in [-0.2, -0.15) is 0 Å². The van der Waals surface area contributed by atoms with Crippen molar-refractivity contribution in [3.05, 3.63) is 33.6 Å². The Kier molecular flexibility index (Phi) is 5.70. The van der Waals surface area contributed by atoms with E-state index in [0.717, 1.165) is 0 Å². The molecule has 0 spiro atoms. The lowest BCUT2D eigenvalue weighted by Gasteiger charge is -2.16. The molecule has 1 atom stereocenters. The maximum Gasteiger partial charge on any atom is 0.318 e. The molecule has 0 unspecified atom stereocenters. The zero-order chi connectivity index (χ0) is 17.1.